The summed E-state index contributed by atoms with van der Waals surface area (Å²) >= 11 is 3.51. The van der Waals surface area contributed by atoms with E-state index in [1.807, 2.05) is 78.9 Å². The maximum Gasteiger partial charge on any atom is 0.260 e. The van der Waals surface area contributed by atoms with E-state index in [0.717, 1.165) is 31.9 Å². The molecular weight excluding hydrogens is 464 g/mol. The SMILES string of the molecule is O=C(C=Cc1cccc2cccnc12)c1c(-c2ccccc2)c2cc(Br)ccc2[nH]c1=O. The summed E-state index contributed by atoms with van der Waals surface area (Å²) < 4.78 is 0.866. The molecule has 0 aliphatic heterocycles. The van der Waals surface area contributed by atoms with Crippen molar-refractivity contribution in [3.8, 4) is 11.1 Å². The number of carbonyl (C=O) groups is 1. The van der Waals surface area contributed by atoms with Crippen molar-refractivity contribution in [2.24, 2.45) is 0 Å². The first-order chi connectivity index (χ1) is 15.6. The molecule has 0 amide bonds. The number of aromatic nitrogens is 2. The number of carbonyl (C=O) groups excluding carboxylic acids is 1. The third-order valence-corrected chi connectivity index (χ3v) is 5.86. The summed E-state index contributed by atoms with van der Waals surface area (Å²) in [6.07, 6.45) is 4.89. The standard InChI is InChI=1S/C27H17BrN2O2/c28-20-12-13-22-21(16-20)24(17-6-2-1-3-7-17)25(27(32)30-22)23(31)14-11-19-9-4-8-18-10-5-15-29-26(18)19/h1-16H,(H,30,32). The molecule has 4 nitrogen and oxygen atoms in total. The number of aromatic amines is 1. The lowest BCUT2D eigenvalue weighted by Crippen LogP contribution is -2.18. The first-order valence-electron chi connectivity index (χ1n) is 10.1. The van der Waals surface area contributed by atoms with Gasteiger partial charge in [-0.05, 0) is 42.0 Å². The van der Waals surface area contributed by atoms with Crippen LogP contribution in [-0.2, 0) is 0 Å². The number of halogens is 1. The van der Waals surface area contributed by atoms with Crippen molar-refractivity contribution in [1.29, 1.82) is 0 Å². The minimum Gasteiger partial charge on any atom is -0.321 e. The summed E-state index contributed by atoms with van der Waals surface area (Å²) in [5.41, 5.74) is 3.43. The number of para-hydroxylation sites is 1. The van der Waals surface area contributed by atoms with Gasteiger partial charge in [-0.2, -0.15) is 0 Å². The van der Waals surface area contributed by atoms with E-state index >= 15 is 0 Å². The zero-order valence-corrected chi connectivity index (χ0v) is 18.5. The first kappa shape index (κ1) is 20.1. The summed E-state index contributed by atoms with van der Waals surface area (Å²) in [4.78, 5) is 33.7. The Balaban J connectivity index is 1.70. The number of ketones is 1. The molecule has 0 aliphatic carbocycles. The van der Waals surface area contributed by atoms with Gasteiger partial charge in [0, 0.05) is 38.1 Å². The van der Waals surface area contributed by atoms with Crippen molar-refractivity contribution >= 4 is 49.6 Å². The molecule has 5 aromatic rings. The second-order valence-electron chi connectivity index (χ2n) is 7.38. The number of H-pyrrole nitrogens is 1. The monoisotopic (exact) mass is 480 g/mol. The van der Waals surface area contributed by atoms with Crippen LogP contribution in [0.1, 0.15) is 15.9 Å². The van der Waals surface area contributed by atoms with Gasteiger partial charge in [-0.25, -0.2) is 0 Å². The van der Waals surface area contributed by atoms with E-state index in [-0.39, 0.29) is 11.3 Å². The molecule has 0 radical (unpaired) electrons. The Morgan fingerprint density at radius 3 is 2.59 bits per heavy atom. The van der Waals surface area contributed by atoms with E-state index in [1.165, 1.54) is 6.08 Å². The van der Waals surface area contributed by atoms with Crippen LogP contribution in [0.2, 0.25) is 0 Å². The lowest BCUT2D eigenvalue weighted by Gasteiger charge is -2.12. The number of rotatable bonds is 4. The quantitative estimate of drug-likeness (QED) is 0.239. The highest BCUT2D eigenvalue weighted by Gasteiger charge is 2.19. The summed E-state index contributed by atoms with van der Waals surface area (Å²) in [6.45, 7) is 0. The predicted molar refractivity (Wildman–Crippen MR) is 133 cm³/mol. The Kier molecular flexibility index (Phi) is 5.25. The fourth-order valence-corrected chi connectivity index (χ4v) is 4.28. The first-order valence-corrected chi connectivity index (χ1v) is 10.9. The molecule has 0 aliphatic rings. The van der Waals surface area contributed by atoms with Gasteiger partial charge in [0.2, 0.25) is 0 Å². The van der Waals surface area contributed by atoms with Crippen LogP contribution in [0.3, 0.4) is 0 Å². The zero-order chi connectivity index (χ0) is 22.1. The lowest BCUT2D eigenvalue weighted by atomic mass is 9.94. The van der Waals surface area contributed by atoms with Crippen LogP contribution in [0.15, 0.2) is 100 Å². The molecule has 2 heterocycles. The number of nitrogens with zero attached hydrogens (tertiary/aromatic N) is 1. The van der Waals surface area contributed by atoms with Gasteiger partial charge in [0.05, 0.1) is 11.1 Å². The Hall–Kier alpha value is -3.83. The average molecular weight is 481 g/mol. The Morgan fingerprint density at radius 1 is 0.938 bits per heavy atom. The predicted octanol–water partition coefficient (Wildman–Crippen LogP) is 6.40. The molecule has 0 saturated carbocycles. The minimum atomic E-state index is -0.413. The van der Waals surface area contributed by atoms with Crippen molar-refractivity contribution in [3.05, 3.63) is 117 Å². The Labute approximate surface area is 192 Å². The van der Waals surface area contributed by atoms with Crippen molar-refractivity contribution < 1.29 is 4.79 Å². The number of fused-ring (bicyclic) bond motifs is 2. The van der Waals surface area contributed by atoms with Crippen LogP contribution >= 0.6 is 15.9 Å². The van der Waals surface area contributed by atoms with Gasteiger partial charge in [-0.1, -0.05) is 70.5 Å². The van der Waals surface area contributed by atoms with Gasteiger partial charge in [0.1, 0.15) is 0 Å². The fourth-order valence-electron chi connectivity index (χ4n) is 3.92. The number of hydrogen-bond donors (Lipinski definition) is 1. The van der Waals surface area contributed by atoms with Crippen LogP contribution in [0.5, 0.6) is 0 Å². The maximum atomic E-state index is 13.4. The second-order valence-corrected chi connectivity index (χ2v) is 8.30. The molecule has 154 valence electrons. The number of nitrogens with one attached hydrogen (secondary N) is 1. The summed E-state index contributed by atoms with van der Waals surface area (Å²) in [6, 6.07) is 24.8. The number of hydrogen-bond acceptors (Lipinski definition) is 3. The molecule has 0 bridgehead atoms. The maximum absolute atomic E-state index is 13.4. The van der Waals surface area contributed by atoms with E-state index in [9.17, 15) is 9.59 Å². The van der Waals surface area contributed by atoms with E-state index < -0.39 is 5.56 Å². The zero-order valence-electron chi connectivity index (χ0n) is 16.9. The normalized spacial score (nSPS) is 11.4. The third-order valence-electron chi connectivity index (χ3n) is 5.36. The van der Waals surface area contributed by atoms with Gasteiger partial charge < -0.3 is 4.98 Å². The van der Waals surface area contributed by atoms with E-state index in [2.05, 4.69) is 25.9 Å². The average Bonchev–Trinajstić information content (AvgIpc) is 2.82. The Bertz CT molecular complexity index is 1560. The summed E-state index contributed by atoms with van der Waals surface area (Å²) in [7, 11) is 0. The van der Waals surface area contributed by atoms with Crippen LogP contribution in [0, 0.1) is 0 Å². The molecule has 0 atom stereocenters. The molecule has 0 fully saturated rings. The lowest BCUT2D eigenvalue weighted by molar-refractivity contribution is 0.104. The highest BCUT2D eigenvalue weighted by Crippen LogP contribution is 2.32. The molecule has 5 heteroatoms. The molecule has 3 aromatic carbocycles. The van der Waals surface area contributed by atoms with Crippen molar-refractivity contribution in [2.75, 3.05) is 0 Å². The largest absolute Gasteiger partial charge is 0.321 e. The third kappa shape index (κ3) is 3.67. The van der Waals surface area contributed by atoms with Crippen molar-refractivity contribution in [2.45, 2.75) is 0 Å². The van der Waals surface area contributed by atoms with Gasteiger partial charge >= 0.3 is 0 Å². The topological polar surface area (TPSA) is 62.8 Å². The minimum absolute atomic E-state index is 0.117. The van der Waals surface area contributed by atoms with Crippen LogP contribution in [-0.4, -0.2) is 15.8 Å². The van der Waals surface area contributed by atoms with Crippen LogP contribution in [0.25, 0.3) is 39.0 Å². The highest BCUT2D eigenvalue weighted by molar-refractivity contribution is 9.10. The van der Waals surface area contributed by atoms with Crippen molar-refractivity contribution in [1.82, 2.24) is 9.97 Å². The Morgan fingerprint density at radius 2 is 1.75 bits per heavy atom. The van der Waals surface area contributed by atoms with Crippen molar-refractivity contribution in [3.63, 3.8) is 0 Å². The highest BCUT2D eigenvalue weighted by atomic mass is 79.9. The molecule has 0 spiro atoms. The molecule has 5 rings (SSSR count). The van der Waals surface area contributed by atoms with E-state index in [0.29, 0.717) is 11.1 Å². The van der Waals surface area contributed by atoms with E-state index in [1.54, 1.807) is 12.3 Å². The molecule has 0 unspecified atom stereocenters. The molecule has 1 N–H and O–H groups in total. The smallest absolute Gasteiger partial charge is 0.260 e. The number of pyridine rings is 2. The molecular formula is C27H17BrN2O2. The fraction of sp³-hybridized carbons (Fsp3) is 0. The molecule has 32 heavy (non-hydrogen) atoms. The second kappa shape index (κ2) is 8.36. The van der Waals surface area contributed by atoms with Gasteiger partial charge in [0.25, 0.3) is 5.56 Å². The summed E-state index contributed by atoms with van der Waals surface area (Å²) in [5.74, 6) is -0.361. The molecule has 2 aromatic heterocycles. The van der Waals surface area contributed by atoms with Crippen LogP contribution in [0.4, 0.5) is 0 Å². The van der Waals surface area contributed by atoms with Gasteiger partial charge in [-0.3, -0.25) is 14.6 Å². The molecule has 0 saturated heterocycles. The van der Waals surface area contributed by atoms with Crippen LogP contribution < -0.4 is 5.56 Å². The number of allylic oxidation sites excluding steroid dienone is 1. The number of benzene rings is 3. The van der Waals surface area contributed by atoms with Gasteiger partial charge in [-0.15, -0.1) is 0 Å². The summed E-state index contributed by atoms with van der Waals surface area (Å²) in [5, 5.41) is 1.79. The van der Waals surface area contributed by atoms with E-state index in [4.69, 9.17) is 0 Å². The van der Waals surface area contributed by atoms with Gasteiger partial charge in [0.15, 0.2) is 5.78 Å².